The van der Waals surface area contributed by atoms with Crippen molar-refractivity contribution >= 4 is 5.97 Å². The Balaban J connectivity index is 2.64. The number of rotatable bonds is 5. The first-order valence-electron chi connectivity index (χ1n) is 5.23. The minimum Gasteiger partial charge on any atom is -0.481 e. The van der Waals surface area contributed by atoms with Gasteiger partial charge in [0.15, 0.2) is 0 Å². The molecule has 0 aliphatic carbocycles. The maximum atomic E-state index is 10.8. The van der Waals surface area contributed by atoms with Crippen LogP contribution in [0.3, 0.4) is 0 Å². The SMILES string of the molecule is CC(C(=O)O)c1ccc(CNN(C)C)cc1. The minimum atomic E-state index is -0.792. The molecule has 4 heteroatoms. The molecule has 0 saturated heterocycles. The molecule has 16 heavy (non-hydrogen) atoms. The van der Waals surface area contributed by atoms with Gasteiger partial charge in [-0.15, -0.1) is 0 Å². The van der Waals surface area contributed by atoms with Crippen LogP contribution in [0, 0.1) is 0 Å². The molecular formula is C12H18N2O2. The molecular weight excluding hydrogens is 204 g/mol. The summed E-state index contributed by atoms with van der Waals surface area (Å²) in [6.45, 7) is 2.43. The molecule has 0 bridgehead atoms. The van der Waals surface area contributed by atoms with Crippen molar-refractivity contribution in [3.63, 3.8) is 0 Å². The average molecular weight is 222 g/mol. The van der Waals surface area contributed by atoms with Crippen LogP contribution in [0.25, 0.3) is 0 Å². The molecule has 1 aromatic rings. The summed E-state index contributed by atoms with van der Waals surface area (Å²) >= 11 is 0. The van der Waals surface area contributed by atoms with E-state index < -0.39 is 11.9 Å². The summed E-state index contributed by atoms with van der Waals surface area (Å²) in [4.78, 5) is 10.8. The number of benzene rings is 1. The zero-order valence-electron chi connectivity index (χ0n) is 9.90. The largest absolute Gasteiger partial charge is 0.481 e. The van der Waals surface area contributed by atoms with Crippen LogP contribution < -0.4 is 5.43 Å². The Bertz CT molecular complexity index is 347. The van der Waals surface area contributed by atoms with Gasteiger partial charge in [-0.05, 0) is 18.1 Å². The standard InChI is InChI=1S/C12H18N2O2/c1-9(12(15)16)11-6-4-10(5-7-11)8-13-14(2)3/h4-7,9,13H,8H2,1-3H3,(H,15,16). The molecule has 1 aromatic carbocycles. The van der Waals surface area contributed by atoms with Gasteiger partial charge in [0.05, 0.1) is 5.92 Å². The van der Waals surface area contributed by atoms with Gasteiger partial charge in [0.2, 0.25) is 0 Å². The van der Waals surface area contributed by atoms with E-state index in [4.69, 9.17) is 5.11 Å². The zero-order chi connectivity index (χ0) is 12.1. The third-order valence-corrected chi connectivity index (χ3v) is 2.45. The predicted molar refractivity (Wildman–Crippen MR) is 63.0 cm³/mol. The highest BCUT2D eigenvalue weighted by atomic mass is 16.4. The van der Waals surface area contributed by atoms with Crippen LogP contribution in [-0.2, 0) is 11.3 Å². The monoisotopic (exact) mass is 222 g/mol. The molecule has 1 atom stereocenters. The Morgan fingerprint density at radius 2 is 1.94 bits per heavy atom. The molecule has 0 radical (unpaired) electrons. The summed E-state index contributed by atoms with van der Waals surface area (Å²) in [5, 5.41) is 10.7. The van der Waals surface area contributed by atoms with E-state index in [1.165, 1.54) is 0 Å². The number of carboxylic acid groups (broad SMARTS) is 1. The quantitative estimate of drug-likeness (QED) is 0.740. The topological polar surface area (TPSA) is 52.6 Å². The Kier molecular flexibility index (Phi) is 4.46. The van der Waals surface area contributed by atoms with E-state index in [9.17, 15) is 4.79 Å². The molecule has 1 unspecified atom stereocenters. The number of carbonyl (C=O) groups is 1. The molecule has 4 nitrogen and oxygen atoms in total. The van der Waals surface area contributed by atoms with Gasteiger partial charge in [0.25, 0.3) is 0 Å². The van der Waals surface area contributed by atoms with E-state index in [1.54, 1.807) is 6.92 Å². The highest BCUT2D eigenvalue weighted by molar-refractivity contribution is 5.75. The minimum absolute atomic E-state index is 0.448. The van der Waals surface area contributed by atoms with Crippen molar-refractivity contribution in [2.24, 2.45) is 0 Å². The Labute approximate surface area is 95.9 Å². The number of carboxylic acids is 1. The van der Waals surface area contributed by atoms with Gasteiger partial charge in [-0.1, -0.05) is 24.3 Å². The van der Waals surface area contributed by atoms with Crippen LogP contribution in [0.1, 0.15) is 24.0 Å². The zero-order valence-corrected chi connectivity index (χ0v) is 9.90. The lowest BCUT2D eigenvalue weighted by molar-refractivity contribution is -0.138. The number of nitrogens with zero attached hydrogens (tertiary/aromatic N) is 1. The smallest absolute Gasteiger partial charge is 0.310 e. The molecule has 2 N–H and O–H groups in total. The van der Waals surface area contributed by atoms with Gasteiger partial charge >= 0.3 is 5.97 Å². The van der Waals surface area contributed by atoms with Crippen molar-refractivity contribution in [2.45, 2.75) is 19.4 Å². The van der Waals surface area contributed by atoms with E-state index in [0.29, 0.717) is 0 Å². The molecule has 0 fully saturated rings. The fraction of sp³-hybridized carbons (Fsp3) is 0.417. The van der Waals surface area contributed by atoms with Gasteiger partial charge < -0.3 is 5.11 Å². The molecule has 0 heterocycles. The summed E-state index contributed by atoms with van der Waals surface area (Å²) in [5.41, 5.74) is 5.12. The number of hydrogen-bond acceptors (Lipinski definition) is 3. The Hall–Kier alpha value is -1.39. The van der Waals surface area contributed by atoms with Crippen LogP contribution in [0.2, 0.25) is 0 Å². The third kappa shape index (κ3) is 3.64. The van der Waals surface area contributed by atoms with Crippen molar-refractivity contribution in [2.75, 3.05) is 14.1 Å². The highest BCUT2D eigenvalue weighted by Crippen LogP contribution is 2.15. The Morgan fingerprint density at radius 1 is 1.38 bits per heavy atom. The van der Waals surface area contributed by atoms with E-state index >= 15 is 0 Å². The predicted octanol–water partition coefficient (Wildman–Crippen LogP) is 1.44. The molecule has 0 spiro atoms. The number of hydrogen-bond donors (Lipinski definition) is 2. The summed E-state index contributed by atoms with van der Waals surface area (Å²) in [6.07, 6.45) is 0. The number of aliphatic carboxylic acids is 1. The maximum absolute atomic E-state index is 10.8. The lowest BCUT2D eigenvalue weighted by Crippen LogP contribution is -2.29. The van der Waals surface area contributed by atoms with E-state index in [2.05, 4.69) is 5.43 Å². The van der Waals surface area contributed by atoms with E-state index in [0.717, 1.165) is 17.7 Å². The normalized spacial score (nSPS) is 12.8. The van der Waals surface area contributed by atoms with Crippen molar-refractivity contribution in [1.82, 2.24) is 10.4 Å². The lowest BCUT2D eigenvalue weighted by atomic mass is 10.0. The first-order chi connectivity index (χ1) is 7.50. The van der Waals surface area contributed by atoms with Crippen molar-refractivity contribution in [3.8, 4) is 0 Å². The maximum Gasteiger partial charge on any atom is 0.310 e. The van der Waals surface area contributed by atoms with Gasteiger partial charge in [-0.3, -0.25) is 15.2 Å². The molecule has 0 saturated carbocycles. The molecule has 0 aliphatic heterocycles. The second-order valence-electron chi connectivity index (χ2n) is 4.03. The summed E-state index contributed by atoms with van der Waals surface area (Å²) in [5.74, 6) is -1.24. The first kappa shape index (κ1) is 12.7. The summed E-state index contributed by atoms with van der Waals surface area (Å²) < 4.78 is 0. The van der Waals surface area contributed by atoms with Gasteiger partial charge in [0, 0.05) is 20.6 Å². The van der Waals surface area contributed by atoms with Crippen LogP contribution in [-0.4, -0.2) is 30.2 Å². The van der Waals surface area contributed by atoms with Gasteiger partial charge in [-0.25, -0.2) is 0 Å². The van der Waals surface area contributed by atoms with Crippen LogP contribution >= 0.6 is 0 Å². The van der Waals surface area contributed by atoms with Crippen LogP contribution in [0.15, 0.2) is 24.3 Å². The molecule has 0 aliphatic rings. The molecule has 0 aromatic heterocycles. The second kappa shape index (κ2) is 5.63. The third-order valence-electron chi connectivity index (χ3n) is 2.45. The second-order valence-corrected chi connectivity index (χ2v) is 4.03. The van der Waals surface area contributed by atoms with Crippen LogP contribution in [0.4, 0.5) is 0 Å². The van der Waals surface area contributed by atoms with Crippen molar-refractivity contribution < 1.29 is 9.90 Å². The number of nitrogens with one attached hydrogen (secondary N) is 1. The van der Waals surface area contributed by atoms with Gasteiger partial charge in [-0.2, -0.15) is 0 Å². The Morgan fingerprint density at radius 3 is 2.38 bits per heavy atom. The van der Waals surface area contributed by atoms with Crippen molar-refractivity contribution in [3.05, 3.63) is 35.4 Å². The fourth-order valence-corrected chi connectivity index (χ4v) is 1.32. The van der Waals surface area contributed by atoms with Crippen molar-refractivity contribution in [1.29, 1.82) is 0 Å². The lowest BCUT2D eigenvalue weighted by Gasteiger charge is -2.12. The average Bonchev–Trinajstić information content (AvgIpc) is 2.26. The highest BCUT2D eigenvalue weighted by Gasteiger charge is 2.12. The van der Waals surface area contributed by atoms with E-state index in [1.807, 2.05) is 43.4 Å². The molecule has 0 amide bonds. The summed E-state index contributed by atoms with van der Waals surface area (Å²) in [7, 11) is 3.86. The number of hydrazine groups is 1. The fourth-order valence-electron chi connectivity index (χ4n) is 1.32. The molecule has 88 valence electrons. The summed E-state index contributed by atoms with van der Waals surface area (Å²) in [6, 6.07) is 7.63. The molecule has 1 rings (SSSR count). The van der Waals surface area contributed by atoms with Gasteiger partial charge in [0.1, 0.15) is 0 Å². The first-order valence-corrected chi connectivity index (χ1v) is 5.23. The van der Waals surface area contributed by atoms with E-state index in [-0.39, 0.29) is 0 Å². The van der Waals surface area contributed by atoms with Crippen LogP contribution in [0.5, 0.6) is 0 Å².